The van der Waals surface area contributed by atoms with Gasteiger partial charge in [-0.3, -0.25) is 14.7 Å². The Labute approximate surface area is 85.6 Å². The lowest BCUT2D eigenvalue weighted by Crippen LogP contribution is -2.30. The number of aromatic nitrogens is 2. The van der Waals surface area contributed by atoms with Crippen LogP contribution in [0.1, 0.15) is 11.1 Å². The predicted molar refractivity (Wildman–Crippen MR) is 56.9 cm³/mol. The molecule has 2 rings (SSSR count). The molecule has 0 unspecified atom stereocenters. The van der Waals surface area contributed by atoms with E-state index in [1.54, 1.807) is 0 Å². The van der Waals surface area contributed by atoms with Crippen molar-refractivity contribution in [3.8, 4) is 0 Å². The summed E-state index contributed by atoms with van der Waals surface area (Å²) >= 11 is 0. The summed E-state index contributed by atoms with van der Waals surface area (Å²) in [4.78, 5) is 22.4. The third kappa shape index (κ3) is 2.04. The van der Waals surface area contributed by atoms with Crippen molar-refractivity contribution in [2.24, 2.45) is 0 Å². The molecule has 1 heterocycles. The zero-order chi connectivity index (χ0) is 10.7. The van der Waals surface area contributed by atoms with Crippen LogP contribution in [0.5, 0.6) is 0 Å². The van der Waals surface area contributed by atoms with Crippen LogP contribution in [-0.4, -0.2) is 10.2 Å². The topological polar surface area (TPSA) is 65.7 Å². The molecule has 0 aliphatic heterocycles. The lowest BCUT2D eigenvalue weighted by atomic mass is 10.1. The van der Waals surface area contributed by atoms with Gasteiger partial charge < -0.3 is 5.10 Å². The first kappa shape index (κ1) is 9.45. The number of H-pyrrole nitrogens is 2. The van der Waals surface area contributed by atoms with Crippen molar-refractivity contribution in [1.29, 1.82) is 0 Å². The molecule has 0 fully saturated rings. The molecule has 15 heavy (non-hydrogen) atoms. The van der Waals surface area contributed by atoms with E-state index in [1.807, 2.05) is 30.3 Å². The zero-order valence-electron chi connectivity index (χ0n) is 7.99. The molecule has 0 spiro atoms. The molecule has 76 valence electrons. The second kappa shape index (κ2) is 3.96. The minimum absolute atomic E-state index is 0.472. The van der Waals surface area contributed by atoms with Gasteiger partial charge in [0.1, 0.15) is 0 Å². The van der Waals surface area contributed by atoms with Crippen LogP contribution in [0.2, 0.25) is 0 Å². The fourth-order valence-electron chi connectivity index (χ4n) is 1.40. The zero-order valence-corrected chi connectivity index (χ0v) is 7.99. The third-order valence-electron chi connectivity index (χ3n) is 2.17. The molecule has 0 atom stereocenters. The fraction of sp³-hybridized carbons (Fsp3) is 0.0909. The van der Waals surface area contributed by atoms with Crippen molar-refractivity contribution in [1.82, 2.24) is 10.2 Å². The first-order valence-electron chi connectivity index (χ1n) is 4.60. The smallest absolute Gasteiger partial charge is 0.305 e. The molecule has 0 saturated heterocycles. The second-order valence-corrected chi connectivity index (χ2v) is 3.26. The Hall–Kier alpha value is -2.10. The van der Waals surface area contributed by atoms with Crippen LogP contribution in [0.4, 0.5) is 0 Å². The molecule has 0 bridgehead atoms. The van der Waals surface area contributed by atoms with Gasteiger partial charge in [0.2, 0.25) is 5.43 Å². The van der Waals surface area contributed by atoms with E-state index in [2.05, 4.69) is 10.2 Å². The van der Waals surface area contributed by atoms with E-state index >= 15 is 0 Å². The highest BCUT2D eigenvalue weighted by molar-refractivity contribution is 5.22. The van der Waals surface area contributed by atoms with Gasteiger partial charge in [-0.05, 0) is 5.56 Å². The van der Waals surface area contributed by atoms with E-state index in [9.17, 15) is 9.59 Å². The Bertz CT molecular complexity index is 555. The first-order chi connectivity index (χ1) is 7.27. The van der Waals surface area contributed by atoms with Crippen LogP contribution >= 0.6 is 0 Å². The first-order valence-corrected chi connectivity index (χ1v) is 4.60. The summed E-state index contributed by atoms with van der Waals surface area (Å²) in [6.07, 6.45) is 2.00. The number of rotatable bonds is 2. The fourth-order valence-corrected chi connectivity index (χ4v) is 1.40. The summed E-state index contributed by atoms with van der Waals surface area (Å²) in [5.41, 5.74) is 0.402. The molecule has 0 aliphatic rings. The molecular formula is C11H10N2O2. The van der Waals surface area contributed by atoms with E-state index in [-0.39, 0.29) is 0 Å². The van der Waals surface area contributed by atoms with Gasteiger partial charge in [-0.15, -0.1) is 0 Å². The molecule has 2 aromatic rings. The van der Waals surface area contributed by atoms with E-state index in [0.29, 0.717) is 12.0 Å². The van der Waals surface area contributed by atoms with Gasteiger partial charge in [0, 0.05) is 18.2 Å². The Morgan fingerprint density at radius 2 is 1.80 bits per heavy atom. The Balaban J connectivity index is 2.38. The minimum atomic E-state index is -0.608. The molecule has 0 radical (unpaired) electrons. The summed E-state index contributed by atoms with van der Waals surface area (Å²) in [5, 5.41) is 4.79. The highest BCUT2D eigenvalue weighted by Gasteiger charge is 2.03. The van der Waals surface area contributed by atoms with Crippen LogP contribution in [-0.2, 0) is 6.42 Å². The van der Waals surface area contributed by atoms with Crippen molar-refractivity contribution in [2.75, 3.05) is 0 Å². The van der Waals surface area contributed by atoms with Gasteiger partial charge in [0.05, 0.1) is 0 Å². The van der Waals surface area contributed by atoms with Crippen LogP contribution < -0.4 is 11.0 Å². The molecule has 4 nitrogen and oxygen atoms in total. The van der Waals surface area contributed by atoms with Gasteiger partial charge in [0.15, 0.2) is 0 Å². The molecule has 0 saturated carbocycles. The van der Waals surface area contributed by atoms with E-state index in [4.69, 9.17) is 0 Å². The highest BCUT2D eigenvalue weighted by atomic mass is 16.2. The molecule has 0 aliphatic carbocycles. The summed E-state index contributed by atoms with van der Waals surface area (Å²) in [6, 6.07) is 9.54. The summed E-state index contributed by atoms with van der Waals surface area (Å²) < 4.78 is 0. The summed E-state index contributed by atoms with van der Waals surface area (Å²) in [6.45, 7) is 0. The third-order valence-corrected chi connectivity index (χ3v) is 2.17. The Kier molecular flexibility index (Phi) is 2.49. The molecule has 1 aromatic heterocycles. The standard InChI is InChI=1S/C11H10N2O2/c14-10-9(7-12-13-11(10)15)6-8-4-2-1-3-5-8/h1-5,7H,6H2,(H,12,14)(H,13,15). The number of hydrogen-bond donors (Lipinski definition) is 2. The average Bonchev–Trinajstić information content (AvgIpc) is 2.26. The number of nitrogens with one attached hydrogen (secondary N) is 2. The Morgan fingerprint density at radius 1 is 1.07 bits per heavy atom. The minimum Gasteiger partial charge on any atom is -0.305 e. The number of benzene rings is 1. The number of hydrogen-bond acceptors (Lipinski definition) is 2. The van der Waals surface area contributed by atoms with Crippen LogP contribution in [0.25, 0.3) is 0 Å². The van der Waals surface area contributed by atoms with Crippen LogP contribution in [0, 0.1) is 0 Å². The lowest BCUT2D eigenvalue weighted by molar-refractivity contribution is 0.936. The summed E-state index contributed by atoms with van der Waals surface area (Å²) in [7, 11) is 0. The Morgan fingerprint density at radius 3 is 2.53 bits per heavy atom. The second-order valence-electron chi connectivity index (χ2n) is 3.26. The molecule has 4 heteroatoms. The van der Waals surface area contributed by atoms with Gasteiger partial charge >= 0.3 is 5.56 Å². The lowest BCUT2D eigenvalue weighted by Gasteiger charge is -1.99. The van der Waals surface area contributed by atoms with Gasteiger partial charge in [0.25, 0.3) is 0 Å². The van der Waals surface area contributed by atoms with Crippen LogP contribution in [0.3, 0.4) is 0 Å². The molecular weight excluding hydrogens is 192 g/mol. The molecule has 2 N–H and O–H groups in total. The normalized spacial score (nSPS) is 10.1. The van der Waals surface area contributed by atoms with Gasteiger partial charge in [-0.2, -0.15) is 0 Å². The van der Waals surface area contributed by atoms with Crippen molar-refractivity contribution < 1.29 is 0 Å². The number of aromatic amines is 2. The van der Waals surface area contributed by atoms with Crippen molar-refractivity contribution in [3.63, 3.8) is 0 Å². The highest BCUT2D eigenvalue weighted by Crippen LogP contribution is 2.03. The van der Waals surface area contributed by atoms with E-state index < -0.39 is 11.0 Å². The maximum Gasteiger partial charge on any atom is 0.310 e. The average molecular weight is 202 g/mol. The van der Waals surface area contributed by atoms with E-state index in [0.717, 1.165) is 5.56 Å². The predicted octanol–water partition coefficient (Wildman–Crippen LogP) is 0.654. The van der Waals surface area contributed by atoms with Crippen molar-refractivity contribution >= 4 is 0 Å². The monoisotopic (exact) mass is 202 g/mol. The van der Waals surface area contributed by atoms with Gasteiger partial charge in [-0.1, -0.05) is 30.3 Å². The van der Waals surface area contributed by atoms with E-state index in [1.165, 1.54) is 6.20 Å². The van der Waals surface area contributed by atoms with Gasteiger partial charge in [-0.25, -0.2) is 0 Å². The quantitative estimate of drug-likeness (QED) is 0.702. The summed E-state index contributed by atoms with van der Waals surface area (Å²) in [5.74, 6) is 0. The maximum atomic E-state index is 11.4. The van der Waals surface area contributed by atoms with Crippen LogP contribution in [0.15, 0.2) is 46.1 Å². The molecule has 1 aromatic carbocycles. The largest absolute Gasteiger partial charge is 0.310 e. The SMILES string of the molecule is O=c1[nH][nH]cc(Cc2ccccc2)c1=O. The van der Waals surface area contributed by atoms with Crippen molar-refractivity contribution in [2.45, 2.75) is 6.42 Å². The maximum absolute atomic E-state index is 11.4. The molecule has 0 amide bonds. The van der Waals surface area contributed by atoms with Crippen molar-refractivity contribution in [3.05, 3.63) is 68.2 Å².